The highest BCUT2D eigenvalue weighted by molar-refractivity contribution is 5.96. The molecule has 4 N–H and O–H groups in total. The number of nitrogens with zero attached hydrogens (tertiary/aromatic N) is 4. The van der Waals surface area contributed by atoms with Crippen LogP contribution in [0.25, 0.3) is 33.3 Å². The van der Waals surface area contributed by atoms with E-state index < -0.39 is 47.2 Å². The zero-order valence-corrected chi connectivity index (χ0v) is 37.9. The number of aromatic nitrogens is 1. The van der Waals surface area contributed by atoms with Crippen LogP contribution in [-0.2, 0) is 54.7 Å². The Morgan fingerprint density at radius 2 is 1.81 bits per heavy atom. The monoisotopic (exact) mass is 874 g/mol. The molecule has 4 aromatic rings. The maximum atomic E-state index is 14.7. The smallest absolute Gasteiger partial charge is 0.324 e. The van der Waals surface area contributed by atoms with Crippen LogP contribution in [0.2, 0.25) is 0 Å². The Hall–Kier alpha value is -5.99. The van der Waals surface area contributed by atoms with Crippen molar-refractivity contribution in [3.8, 4) is 28.1 Å². The number of phenolic OH excluding ortho intramolecular Hbond substituents is 1. The minimum Gasteiger partial charge on any atom is -0.508 e. The predicted octanol–water partition coefficient (Wildman–Crippen LogP) is 5.36. The number of hydrazine groups is 1. The molecule has 2 fully saturated rings. The summed E-state index contributed by atoms with van der Waals surface area (Å²) in [5, 5.41) is 27.1. The van der Waals surface area contributed by atoms with E-state index >= 15 is 0 Å². The molecule has 1 unspecified atom stereocenters. The van der Waals surface area contributed by atoms with Gasteiger partial charge in [-0.3, -0.25) is 29.0 Å². The number of benzene rings is 3. The zero-order chi connectivity index (χ0) is 46.0. The molecule has 340 valence electrons. The van der Waals surface area contributed by atoms with Gasteiger partial charge in [-0.25, -0.2) is 5.43 Å². The second-order valence-corrected chi connectivity index (χ2v) is 18.6. The van der Waals surface area contributed by atoms with Gasteiger partial charge in [0.15, 0.2) is 0 Å². The quantitative estimate of drug-likeness (QED) is 0.128. The highest BCUT2D eigenvalue weighted by atomic mass is 16.5. The standard InChI is InChI=1S/C50H62N6O8/c1-8-43(59)54-20-18-33(27-54)47(61)53(7)44(30(3)4)46(60)51-41-23-31-21-35(24-36(58)22-31)32-16-17-42-38(25-32)39(45(55(42)9-2)37-14-11-10-13-34(37)28-57)26-50(5,6)29-64-49(63)40-15-12-19-56(52-40)48(41)62/h8,10-11,13-14,16-17,21-22,24-25,30,33,40-41,44,52,57-58H,1,9,12,15,18-20,23,26-29H2,2-7H3,(H,51,60)/t33-,40-,41-,44?/m0/s1. The lowest BCUT2D eigenvalue weighted by Crippen LogP contribution is -2.62. The molecule has 14 nitrogen and oxygen atoms in total. The van der Waals surface area contributed by atoms with Crippen molar-refractivity contribution < 1.29 is 38.9 Å². The van der Waals surface area contributed by atoms with Crippen LogP contribution in [-0.4, -0.2) is 111 Å². The molecule has 0 saturated carbocycles. The van der Waals surface area contributed by atoms with Crippen molar-refractivity contribution >= 4 is 40.5 Å². The number of likely N-dealkylation sites (tertiary alicyclic amines) is 1. The fraction of sp³-hybridized carbons (Fsp3) is 0.460. The Morgan fingerprint density at radius 1 is 1.05 bits per heavy atom. The summed E-state index contributed by atoms with van der Waals surface area (Å²) in [4.78, 5) is 72.2. The SMILES string of the molecule is C=CC(=O)N1CC[C@H](C(=O)N(C)C(C(=O)N[C@H]2Cc3cc(O)cc(c3)-c3ccc4c(c3)c(c(-c3ccccc3CO)n4CC)CC(C)(C)COC(=O)[C@@H]3CCCN(N3)C2=O)C(C)C)C1. The minimum atomic E-state index is -1.17. The van der Waals surface area contributed by atoms with Crippen LogP contribution in [0.1, 0.15) is 70.6 Å². The van der Waals surface area contributed by atoms with Gasteiger partial charge in [-0.1, -0.05) is 70.7 Å². The third-order valence-electron chi connectivity index (χ3n) is 13.0. The first kappa shape index (κ1) is 46.0. The lowest BCUT2D eigenvalue weighted by atomic mass is 9.84. The zero-order valence-electron chi connectivity index (χ0n) is 37.9. The van der Waals surface area contributed by atoms with Gasteiger partial charge in [0.1, 0.15) is 23.9 Å². The van der Waals surface area contributed by atoms with E-state index in [4.69, 9.17) is 4.74 Å². The number of hydrogen-bond donors (Lipinski definition) is 4. The van der Waals surface area contributed by atoms with E-state index in [9.17, 15) is 34.2 Å². The molecular weight excluding hydrogens is 813 g/mol. The number of aromatic hydroxyl groups is 1. The largest absolute Gasteiger partial charge is 0.508 e. The number of ether oxygens (including phenoxy) is 1. The molecule has 3 aliphatic rings. The topological polar surface area (TPSA) is 174 Å². The van der Waals surface area contributed by atoms with Crippen molar-refractivity contribution in [3.05, 3.63) is 90.0 Å². The molecule has 0 aliphatic carbocycles. The molecule has 4 amide bonds. The van der Waals surface area contributed by atoms with Gasteiger partial charge >= 0.3 is 5.97 Å². The molecule has 3 aliphatic heterocycles. The van der Waals surface area contributed by atoms with E-state index in [0.717, 1.165) is 38.9 Å². The second kappa shape index (κ2) is 19.0. The van der Waals surface area contributed by atoms with Crippen LogP contribution < -0.4 is 10.7 Å². The van der Waals surface area contributed by atoms with Crippen LogP contribution in [0.15, 0.2) is 73.3 Å². The Kier molecular flexibility index (Phi) is 13.7. The summed E-state index contributed by atoms with van der Waals surface area (Å²) in [6, 6.07) is 16.2. The van der Waals surface area contributed by atoms with Gasteiger partial charge in [0.25, 0.3) is 5.91 Å². The lowest BCUT2D eigenvalue weighted by Gasteiger charge is -2.37. The highest BCUT2D eigenvalue weighted by Gasteiger charge is 2.40. The fourth-order valence-electron chi connectivity index (χ4n) is 9.80. The number of cyclic esters (lactones) is 1. The molecule has 6 bridgehead atoms. The van der Waals surface area contributed by atoms with Crippen LogP contribution in [0.5, 0.6) is 5.75 Å². The molecule has 14 heteroatoms. The molecule has 1 aromatic heterocycles. The van der Waals surface area contributed by atoms with Gasteiger partial charge < -0.3 is 34.6 Å². The van der Waals surface area contributed by atoms with E-state index in [2.05, 4.69) is 54.8 Å². The Balaban J connectivity index is 1.30. The fourth-order valence-corrected chi connectivity index (χ4v) is 9.80. The van der Waals surface area contributed by atoms with Crippen molar-refractivity contribution in [2.75, 3.05) is 33.3 Å². The van der Waals surface area contributed by atoms with Gasteiger partial charge in [-0.05, 0) is 96.7 Å². The number of esters is 1. The van der Waals surface area contributed by atoms with Gasteiger partial charge in [-0.2, -0.15) is 0 Å². The number of fused-ring (bicyclic) bond motifs is 6. The second-order valence-electron chi connectivity index (χ2n) is 18.6. The number of hydrogen-bond acceptors (Lipinski definition) is 9. The van der Waals surface area contributed by atoms with E-state index in [1.54, 1.807) is 24.1 Å². The summed E-state index contributed by atoms with van der Waals surface area (Å²) < 4.78 is 8.32. The average Bonchev–Trinajstić information content (AvgIpc) is 3.89. The lowest BCUT2D eigenvalue weighted by molar-refractivity contribution is -0.155. The molecule has 3 aromatic carbocycles. The first-order valence-electron chi connectivity index (χ1n) is 22.4. The molecular formula is C50H62N6O8. The molecule has 4 atom stereocenters. The van der Waals surface area contributed by atoms with Gasteiger partial charge in [0.2, 0.25) is 17.7 Å². The number of carbonyl (C=O) groups excluding carboxylic acids is 5. The maximum Gasteiger partial charge on any atom is 0.324 e. The summed E-state index contributed by atoms with van der Waals surface area (Å²) in [5.74, 6) is -2.89. The number of aliphatic hydroxyl groups is 1. The summed E-state index contributed by atoms with van der Waals surface area (Å²) in [6.45, 7) is 14.9. The third-order valence-corrected chi connectivity index (χ3v) is 13.0. The molecule has 64 heavy (non-hydrogen) atoms. The number of nitrogens with one attached hydrogen (secondary N) is 2. The van der Waals surface area contributed by atoms with Crippen molar-refractivity contribution in [3.63, 3.8) is 0 Å². The highest BCUT2D eigenvalue weighted by Crippen LogP contribution is 2.41. The van der Waals surface area contributed by atoms with Crippen LogP contribution in [0.3, 0.4) is 0 Å². The number of carbonyl (C=O) groups is 5. The van der Waals surface area contributed by atoms with Gasteiger partial charge in [0, 0.05) is 61.5 Å². The minimum absolute atomic E-state index is 0.0149. The number of aliphatic hydroxyl groups excluding tert-OH is 1. The molecule has 2 saturated heterocycles. The molecule has 0 spiro atoms. The number of phenols is 1. The number of likely N-dealkylation sites (N-methyl/N-ethyl adjacent to an activating group) is 1. The molecule has 4 heterocycles. The molecule has 0 radical (unpaired) electrons. The van der Waals surface area contributed by atoms with Crippen LogP contribution >= 0.6 is 0 Å². The summed E-state index contributed by atoms with van der Waals surface area (Å²) in [6.07, 6.45) is 3.13. The molecule has 7 rings (SSSR count). The number of aryl methyl sites for hydroxylation is 1. The predicted molar refractivity (Wildman–Crippen MR) is 244 cm³/mol. The number of rotatable bonds is 9. The Bertz CT molecular complexity index is 2460. The average molecular weight is 875 g/mol. The first-order valence-corrected chi connectivity index (χ1v) is 22.4. The first-order chi connectivity index (χ1) is 30.5. The normalized spacial score (nSPS) is 20.7. The van der Waals surface area contributed by atoms with Gasteiger partial charge in [0.05, 0.1) is 24.8 Å². The van der Waals surface area contributed by atoms with Crippen molar-refractivity contribution in [2.24, 2.45) is 17.3 Å². The van der Waals surface area contributed by atoms with E-state index in [0.29, 0.717) is 49.9 Å². The summed E-state index contributed by atoms with van der Waals surface area (Å²) in [5.41, 5.74) is 9.38. The van der Waals surface area contributed by atoms with Crippen molar-refractivity contribution in [1.82, 2.24) is 30.1 Å². The van der Waals surface area contributed by atoms with E-state index in [1.165, 1.54) is 16.0 Å². The third kappa shape index (κ3) is 9.44. The van der Waals surface area contributed by atoms with E-state index in [1.807, 2.05) is 50.2 Å². The Labute approximate surface area is 375 Å². The summed E-state index contributed by atoms with van der Waals surface area (Å²) in [7, 11) is 1.58. The van der Waals surface area contributed by atoms with Crippen LogP contribution in [0.4, 0.5) is 0 Å². The van der Waals surface area contributed by atoms with Crippen molar-refractivity contribution in [2.45, 2.75) is 98.0 Å². The maximum absolute atomic E-state index is 14.7. The van der Waals surface area contributed by atoms with Crippen molar-refractivity contribution in [1.29, 1.82) is 0 Å². The van der Waals surface area contributed by atoms with Gasteiger partial charge in [-0.15, -0.1) is 0 Å². The van der Waals surface area contributed by atoms with E-state index in [-0.39, 0.29) is 56.2 Å². The Morgan fingerprint density at radius 3 is 2.53 bits per heavy atom. The summed E-state index contributed by atoms with van der Waals surface area (Å²) >= 11 is 0. The number of amides is 4. The van der Waals surface area contributed by atoms with Crippen LogP contribution in [0, 0.1) is 17.3 Å².